The van der Waals surface area contributed by atoms with Crippen LogP contribution in [0.25, 0.3) is 0 Å². The molecule has 1 heterocycles. The Kier molecular flexibility index (Phi) is 5.05. The highest BCUT2D eigenvalue weighted by atomic mass is 16.2. The van der Waals surface area contributed by atoms with Crippen LogP contribution in [-0.2, 0) is 11.3 Å². The first-order chi connectivity index (χ1) is 10.1. The van der Waals surface area contributed by atoms with Gasteiger partial charge in [-0.25, -0.2) is 0 Å². The lowest BCUT2D eigenvalue weighted by Crippen LogP contribution is -2.38. The third-order valence-electron chi connectivity index (χ3n) is 3.23. The van der Waals surface area contributed by atoms with Gasteiger partial charge in [-0.15, -0.1) is 5.10 Å². The summed E-state index contributed by atoms with van der Waals surface area (Å²) in [6.45, 7) is 3.16. The predicted molar refractivity (Wildman–Crippen MR) is 80.6 cm³/mol. The minimum Gasteiger partial charge on any atom is -0.353 e. The molecule has 0 aliphatic carbocycles. The average molecular weight is 287 g/mol. The molecular formula is C15H21N5O. The number of carbonyl (C=O) groups is 1. The smallest absolute Gasteiger partial charge is 0.242 e. The first kappa shape index (κ1) is 15.2. The number of hydrogen-bond acceptors (Lipinski definition) is 4. The minimum absolute atomic E-state index is 0.00860. The topological polar surface area (TPSA) is 63.1 Å². The van der Waals surface area contributed by atoms with Gasteiger partial charge < -0.3 is 5.32 Å². The Morgan fingerprint density at radius 3 is 2.86 bits per heavy atom. The molecule has 1 aromatic carbocycles. The molecule has 2 aromatic rings. The van der Waals surface area contributed by atoms with Crippen LogP contribution >= 0.6 is 0 Å². The van der Waals surface area contributed by atoms with Crippen molar-refractivity contribution in [3.8, 4) is 0 Å². The van der Waals surface area contributed by atoms with Gasteiger partial charge in [0, 0.05) is 12.7 Å². The predicted octanol–water partition coefficient (Wildman–Crippen LogP) is 1.01. The molecule has 6 nitrogen and oxygen atoms in total. The maximum absolute atomic E-state index is 12.4. The molecule has 0 fully saturated rings. The van der Waals surface area contributed by atoms with Crippen molar-refractivity contribution in [1.29, 1.82) is 0 Å². The molecule has 0 aliphatic rings. The lowest BCUT2D eigenvalue weighted by atomic mass is 10.0. The molecule has 1 atom stereocenters. The highest BCUT2D eigenvalue weighted by molar-refractivity contribution is 5.83. The first-order valence-electron chi connectivity index (χ1n) is 6.92. The van der Waals surface area contributed by atoms with Crippen LogP contribution in [0.15, 0.2) is 36.7 Å². The van der Waals surface area contributed by atoms with Crippen LogP contribution in [0.1, 0.15) is 17.2 Å². The van der Waals surface area contributed by atoms with E-state index in [0.29, 0.717) is 13.1 Å². The Morgan fingerprint density at radius 1 is 1.43 bits per heavy atom. The van der Waals surface area contributed by atoms with Crippen LogP contribution in [0, 0.1) is 6.92 Å². The SMILES string of the molecule is Cc1cccc(C(C(=O)NCCn2ccnn2)N(C)C)c1. The molecule has 1 unspecified atom stereocenters. The van der Waals surface area contributed by atoms with E-state index in [0.717, 1.165) is 11.1 Å². The van der Waals surface area contributed by atoms with E-state index in [1.54, 1.807) is 17.1 Å². The van der Waals surface area contributed by atoms with Crippen molar-refractivity contribution in [1.82, 2.24) is 25.2 Å². The molecule has 1 aromatic heterocycles. The van der Waals surface area contributed by atoms with Gasteiger partial charge in [0.2, 0.25) is 5.91 Å². The summed E-state index contributed by atoms with van der Waals surface area (Å²) in [7, 11) is 3.81. The molecule has 0 spiro atoms. The number of nitrogens with one attached hydrogen (secondary N) is 1. The monoisotopic (exact) mass is 287 g/mol. The van der Waals surface area contributed by atoms with Crippen molar-refractivity contribution < 1.29 is 4.79 Å². The summed E-state index contributed by atoms with van der Waals surface area (Å²) in [4.78, 5) is 14.3. The Bertz CT molecular complexity index is 580. The third kappa shape index (κ3) is 4.13. The van der Waals surface area contributed by atoms with Crippen molar-refractivity contribution in [2.75, 3.05) is 20.6 Å². The van der Waals surface area contributed by atoms with Crippen molar-refractivity contribution in [2.45, 2.75) is 19.5 Å². The van der Waals surface area contributed by atoms with E-state index >= 15 is 0 Å². The number of hydrogen-bond donors (Lipinski definition) is 1. The van der Waals surface area contributed by atoms with Crippen LogP contribution in [-0.4, -0.2) is 46.4 Å². The van der Waals surface area contributed by atoms with Gasteiger partial charge in [0.15, 0.2) is 0 Å². The number of aromatic nitrogens is 3. The van der Waals surface area contributed by atoms with Gasteiger partial charge >= 0.3 is 0 Å². The average Bonchev–Trinajstić information content (AvgIpc) is 2.91. The van der Waals surface area contributed by atoms with Gasteiger partial charge in [0.25, 0.3) is 0 Å². The second kappa shape index (κ2) is 6.99. The van der Waals surface area contributed by atoms with E-state index in [1.165, 1.54) is 0 Å². The number of likely N-dealkylation sites (N-methyl/N-ethyl adjacent to an activating group) is 1. The van der Waals surface area contributed by atoms with Gasteiger partial charge in [-0.05, 0) is 26.6 Å². The van der Waals surface area contributed by atoms with E-state index in [-0.39, 0.29) is 11.9 Å². The molecule has 0 bridgehead atoms. The summed E-state index contributed by atoms with van der Waals surface area (Å²) >= 11 is 0. The fraction of sp³-hybridized carbons (Fsp3) is 0.400. The minimum atomic E-state index is -0.291. The zero-order valence-electron chi connectivity index (χ0n) is 12.7. The van der Waals surface area contributed by atoms with Gasteiger partial charge in [-0.2, -0.15) is 0 Å². The highest BCUT2D eigenvalue weighted by Crippen LogP contribution is 2.19. The standard InChI is InChI=1S/C15H21N5O/c1-12-5-4-6-13(11-12)14(19(2)3)15(21)16-7-9-20-10-8-17-18-20/h4-6,8,10-11,14H,7,9H2,1-3H3,(H,16,21). The fourth-order valence-electron chi connectivity index (χ4n) is 2.27. The molecular weight excluding hydrogens is 266 g/mol. The molecule has 0 radical (unpaired) electrons. The second-order valence-electron chi connectivity index (χ2n) is 5.24. The summed E-state index contributed by atoms with van der Waals surface area (Å²) in [6, 6.07) is 7.74. The van der Waals surface area contributed by atoms with E-state index in [1.807, 2.05) is 50.2 Å². The Morgan fingerprint density at radius 2 is 2.24 bits per heavy atom. The van der Waals surface area contributed by atoms with E-state index in [4.69, 9.17) is 0 Å². The number of rotatable bonds is 6. The van der Waals surface area contributed by atoms with Crippen LogP contribution in [0.3, 0.4) is 0 Å². The molecule has 2 rings (SSSR count). The first-order valence-corrected chi connectivity index (χ1v) is 6.92. The zero-order chi connectivity index (χ0) is 15.2. The van der Waals surface area contributed by atoms with Crippen LogP contribution < -0.4 is 5.32 Å². The van der Waals surface area contributed by atoms with Crippen molar-refractivity contribution in [3.63, 3.8) is 0 Å². The molecule has 1 amide bonds. The van der Waals surface area contributed by atoms with Gasteiger partial charge in [0.1, 0.15) is 6.04 Å². The number of aryl methyl sites for hydroxylation is 1. The number of carbonyl (C=O) groups excluding carboxylic acids is 1. The Hall–Kier alpha value is -2.21. The third-order valence-corrected chi connectivity index (χ3v) is 3.23. The quantitative estimate of drug-likeness (QED) is 0.861. The van der Waals surface area contributed by atoms with Crippen molar-refractivity contribution in [3.05, 3.63) is 47.8 Å². The summed E-state index contributed by atoms with van der Waals surface area (Å²) in [5.74, 6) is -0.00860. The molecule has 6 heteroatoms. The second-order valence-corrected chi connectivity index (χ2v) is 5.24. The largest absolute Gasteiger partial charge is 0.353 e. The molecule has 0 aliphatic heterocycles. The Labute approximate surface area is 124 Å². The number of nitrogens with zero attached hydrogens (tertiary/aromatic N) is 4. The van der Waals surface area contributed by atoms with E-state index < -0.39 is 0 Å². The molecule has 0 saturated carbocycles. The van der Waals surface area contributed by atoms with Crippen LogP contribution in [0.4, 0.5) is 0 Å². The number of amides is 1. The highest BCUT2D eigenvalue weighted by Gasteiger charge is 2.22. The van der Waals surface area contributed by atoms with Crippen molar-refractivity contribution >= 4 is 5.91 Å². The van der Waals surface area contributed by atoms with Crippen molar-refractivity contribution in [2.24, 2.45) is 0 Å². The summed E-state index contributed by atoms with van der Waals surface area (Å²) in [5, 5.41) is 10.6. The van der Waals surface area contributed by atoms with Gasteiger partial charge in [-0.1, -0.05) is 35.0 Å². The van der Waals surface area contributed by atoms with Crippen LogP contribution in [0.2, 0.25) is 0 Å². The molecule has 1 N–H and O–H groups in total. The maximum atomic E-state index is 12.4. The normalized spacial score (nSPS) is 12.4. The van der Waals surface area contributed by atoms with E-state index in [9.17, 15) is 4.79 Å². The zero-order valence-corrected chi connectivity index (χ0v) is 12.7. The summed E-state index contributed by atoms with van der Waals surface area (Å²) in [6.07, 6.45) is 3.40. The summed E-state index contributed by atoms with van der Waals surface area (Å²) in [5.41, 5.74) is 2.15. The summed E-state index contributed by atoms with van der Waals surface area (Å²) < 4.78 is 1.69. The lowest BCUT2D eigenvalue weighted by Gasteiger charge is -2.24. The van der Waals surface area contributed by atoms with Gasteiger partial charge in [0.05, 0.1) is 12.7 Å². The molecule has 112 valence electrons. The fourth-order valence-corrected chi connectivity index (χ4v) is 2.27. The van der Waals surface area contributed by atoms with Crippen LogP contribution in [0.5, 0.6) is 0 Å². The molecule has 21 heavy (non-hydrogen) atoms. The number of benzene rings is 1. The maximum Gasteiger partial charge on any atom is 0.242 e. The lowest BCUT2D eigenvalue weighted by molar-refractivity contribution is -0.125. The molecule has 0 saturated heterocycles. The Balaban J connectivity index is 1.99. The van der Waals surface area contributed by atoms with Gasteiger partial charge in [-0.3, -0.25) is 14.4 Å². The van der Waals surface area contributed by atoms with E-state index in [2.05, 4.69) is 15.6 Å².